The molecule has 9 aromatic carbocycles. The Bertz CT molecular complexity index is 2950. The molecule has 0 unspecified atom stereocenters. The van der Waals surface area contributed by atoms with Crippen LogP contribution in [-0.2, 0) is 4.57 Å². The first-order valence-electron chi connectivity index (χ1n) is 17.3. The van der Waals surface area contributed by atoms with Crippen molar-refractivity contribution < 1.29 is 8.98 Å². The van der Waals surface area contributed by atoms with Crippen LogP contribution < -0.4 is 15.9 Å². The minimum atomic E-state index is -3.14. The Morgan fingerprint density at radius 2 is 0.922 bits per heavy atom. The number of furan rings is 1. The second-order valence-corrected chi connectivity index (χ2v) is 15.9. The highest BCUT2D eigenvalue weighted by molar-refractivity contribution is 7.85. The molecule has 0 N–H and O–H groups in total. The Morgan fingerprint density at radius 1 is 0.373 bits per heavy atom. The number of benzene rings is 9. The molecule has 10 rings (SSSR count). The van der Waals surface area contributed by atoms with E-state index in [9.17, 15) is 0 Å². The molecule has 0 radical (unpaired) electrons. The third kappa shape index (κ3) is 4.61. The van der Waals surface area contributed by atoms with Gasteiger partial charge in [0.05, 0.1) is 0 Å². The molecule has 0 amide bonds. The van der Waals surface area contributed by atoms with Crippen LogP contribution in [0, 0.1) is 0 Å². The normalized spacial score (nSPS) is 12.0. The van der Waals surface area contributed by atoms with Gasteiger partial charge in [0.2, 0.25) is 0 Å². The smallest absolute Gasteiger partial charge is 0.171 e. The van der Waals surface area contributed by atoms with E-state index in [1.807, 2.05) is 72.8 Å². The van der Waals surface area contributed by atoms with Gasteiger partial charge >= 0.3 is 0 Å². The highest BCUT2D eigenvalue weighted by Gasteiger charge is 2.30. The summed E-state index contributed by atoms with van der Waals surface area (Å²) in [6.07, 6.45) is 0. The maximum absolute atomic E-state index is 15.3. The molecule has 0 saturated carbocycles. The second kappa shape index (κ2) is 11.7. The summed E-state index contributed by atoms with van der Waals surface area (Å²) in [5.74, 6) is 0. The minimum absolute atomic E-state index is 0.816. The van der Waals surface area contributed by atoms with Crippen LogP contribution in [0.15, 0.2) is 192 Å². The van der Waals surface area contributed by atoms with Gasteiger partial charge in [0.15, 0.2) is 7.14 Å². The topological polar surface area (TPSA) is 30.2 Å². The van der Waals surface area contributed by atoms with Gasteiger partial charge < -0.3 is 8.98 Å². The molecule has 0 aliphatic heterocycles. The van der Waals surface area contributed by atoms with Crippen LogP contribution in [0.1, 0.15) is 0 Å². The summed E-state index contributed by atoms with van der Waals surface area (Å²) in [6, 6.07) is 64.8. The van der Waals surface area contributed by atoms with Crippen LogP contribution in [0.5, 0.6) is 0 Å². The van der Waals surface area contributed by atoms with Crippen LogP contribution >= 0.6 is 7.14 Å². The van der Waals surface area contributed by atoms with Gasteiger partial charge in [-0.2, -0.15) is 0 Å². The van der Waals surface area contributed by atoms with Crippen molar-refractivity contribution in [1.82, 2.24) is 0 Å². The third-order valence-electron chi connectivity index (χ3n) is 10.3. The largest absolute Gasteiger partial charge is 0.455 e. The SMILES string of the molecule is O=P(c1ccccc1)(c1ccccc1)c1cccc(-c2ccc(-c3cc4ccccc4c4c3oc3ccc5ccccc5c34)c3ccccc23)c1. The molecule has 0 fully saturated rings. The van der Waals surface area contributed by atoms with Gasteiger partial charge in [-0.3, -0.25) is 0 Å². The Morgan fingerprint density at radius 3 is 1.63 bits per heavy atom. The lowest BCUT2D eigenvalue weighted by molar-refractivity contribution is 0.592. The Balaban J connectivity index is 1.21. The van der Waals surface area contributed by atoms with Crippen LogP contribution in [-0.4, -0.2) is 0 Å². The van der Waals surface area contributed by atoms with Crippen LogP contribution in [0.3, 0.4) is 0 Å². The number of hydrogen-bond donors (Lipinski definition) is 0. The van der Waals surface area contributed by atoms with E-state index >= 15 is 4.57 Å². The van der Waals surface area contributed by atoms with E-state index < -0.39 is 7.14 Å². The average Bonchev–Trinajstić information content (AvgIpc) is 3.61. The summed E-state index contributed by atoms with van der Waals surface area (Å²) < 4.78 is 22.1. The number of rotatable bonds is 5. The molecule has 0 bridgehead atoms. The summed E-state index contributed by atoms with van der Waals surface area (Å²) in [6.45, 7) is 0. The summed E-state index contributed by atoms with van der Waals surface area (Å²) >= 11 is 0. The van der Waals surface area contributed by atoms with Crippen molar-refractivity contribution in [1.29, 1.82) is 0 Å². The summed E-state index contributed by atoms with van der Waals surface area (Å²) in [5.41, 5.74) is 6.09. The first kappa shape index (κ1) is 29.7. The Kier molecular flexibility index (Phi) is 6.81. The average molecular weight is 671 g/mol. The molecule has 0 atom stereocenters. The molecular weight excluding hydrogens is 640 g/mol. The fourth-order valence-electron chi connectivity index (χ4n) is 7.97. The Hall–Kier alpha value is -6.21. The van der Waals surface area contributed by atoms with Crippen molar-refractivity contribution in [3.8, 4) is 22.3 Å². The van der Waals surface area contributed by atoms with Crippen LogP contribution in [0.2, 0.25) is 0 Å². The molecule has 0 aliphatic carbocycles. The zero-order valence-corrected chi connectivity index (χ0v) is 28.6. The quantitative estimate of drug-likeness (QED) is 0.171. The van der Waals surface area contributed by atoms with Crippen molar-refractivity contribution in [3.05, 3.63) is 188 Å². The lowest BCUT2D eigenvalue weighted by Crippen LogP contribution is -2.25. The standard InChI is InChI=1S/C48H31O2P/c49-51(35-17-3-1-4-18-35,36-19-5-2-6-20-36)37-21-13-16-33(30-37)38-27-28-43(42-25-12-11-24-41(38)42)44-31-34-15-8-10-23-40(34)47-46-39-22-9-7-14-32(39)26-29-45(46)50-48(44)47/h1-31H. The lowest BCUT2D eigenvalue weighted by Gasteiger charge is -2.21. The van der Waals surface area contributed by atoms with Gasteiger partial charge in [0, 0.05) is 32.2 Å². The molecule has 0 spiro atoms. The summed E-state index contributed by atoms with van der Waals surface area (Å²) in [5, 5.41) is 11.8. The maximum Gasteiger partial charge on any atom is 0.171 e. The van der Waals surface area contributed by atoms with E-state index in [1.165, 1.54) is 21.5 Å². The van der Waals surface area contributed by atoms with Crippen LogP contribution in [0.25, 0.3) is 76.5 Å². The first-order chi connectivity index (χ1) is 25.2. The van der Waals surface area contributed by atoms with Crippen molar-refractivity contribution in [2.75, 3.05) is 0 Å². The van der Waals surface area contributed by atoms with E-state index in [4.69, 9.17) is 4.42 Å². The molecule has 0 saturated heterocycles. The second-order valence-electron chi connectivity index (χ2n) is 13.1. The molecule has 240 valence electrons. The molecule has 10 aromatic rings. The van der Waals surface area contributed by atoms with E-state index in [-0.39, 0.29) is 0 Å². The van der Waals surface area contributed by atoms with Crippen molar-refractivity contribution in [2.45, 2.75) is 0 Å². The fraction of sp³-hybridized carbons (Fsp3) is 0. The van der Waals surface area contributed by atoms with Gasteiger partial charge in [-0.1, -0.05) is 170 Å². The molecule has 2 nitrogen and oxygen atoms in total. The monoisotopic (exact) mass is 670 g/mol. The van der Waals surface area contributed by atoms with Gasteiger partial charge in [-0.05, 0) is 67.2 Å². The molecule has 1 heterocycles. The van der Waals surface area contributed by atoms with Gasteiger partial charge in [-0.25, -0.2) is 0 Å². The maximum atomic E-state index is 15.3. The van der Waals surface area contributed by atoms with E-state index in [0.29, 0.717) is 0 Å². The minimum Gasteiger partial charge on any atom is -0.455 e. The highest BCUT2D eigenvalue weighted by atomic mass is 31.2. The Labute approximate surface area is 295 Å². The summed E-state index contributed by atoms with van der Waals surface area (Å²) in [7, 11) is -3.14. The summed E-state index contributed by atoms with van der Waals surface area (Å²) in [4.78, 5) is 0. The molecular formula is C48H31O2P. The van der Waals surface area contributed by atoms with Gasteiger partial charge in [0.1, 0.15) is 11.2 Å². The zero-order chi connectivity index (χ0) is 33.9. The molecule has 51 heavy (non-hydrogen) atoms. The predicted molar refractivity (Wildman–Crippen MR) is 217 cm³/mol. The van der Waals surface area contributed by atoms with Crippen LogP contribution in [0.4, 0.5) is 0 Å². The first-order valence-corrected chi connectivity index (χ1v) is 19.0. The predicted octanol–water partition coefficient (Wildman–Crippen LogP) is 12.0. The number of hydrogen-bond acceptors (Lipinski definition) is 2. The van der Waals surface area contributed by atoms with Crippen molar-refractivity contribution in [3.63, 3.8) is 0 Å². The van der Waals surface area contributed by atoms with Crippen molar-refractivity contribution in [2.24, 2.45) is 0 Å². The third-order valence-corrected chi connectivity index (χ3v) is 13.4. The van der Waals surface area contributed by atoms with E-state index in [0.717, 1.165) is 70.9 Å². The van der Waals surface area contributed by atoms with Gasteiger partial charge in [0.25, 0.3) is 0 Å². The molecule has 0 aliphatic rings. The highest BCUT2D eigenvalue weighted by Crippen LogP contribution is 2.47. The zero-order valence-electron chi connectivity index (χ0n) is 27.7. The number of fused-ring (bicyclic) bond motifs is 8. The lowest BCUT2D eigenvalue weighted by atomic mass is 9.89. The molecule has 1 aromatic heterocycles. The van der Waals surface area contributed by atoms with E-state index in [2.05, 4.69) is 115 Å². The van der Waals surface area contributed by atoms with Gasteiger partial charge in [-0.15, -0.1) is 0 Å². The molecule has 3 heteroatoms. The van der Waals surface area contributed by atoms with Crippen molar-refractivity contribution >= 4 is 77.3 Å². The van der Waals surface area contributed by atoms with E-state index in [1.54, 1.807) is 0 Å². The fourth-order valence-corrected chi connectivity index (χ4v) is 10.7.